The number of aromatic nitrogens is 2. The summed E-state index contributed by atoms with van der Waals surface area (Å²) in [6.07, 6.45) is 1.27. The second-order valence-corrected chi connectivity index (χ2v) is 18.0. The van der Waals surface area contributed by atoms with Crippen molar-refractivity contribution >= 4 is 53.2 Å². The molecule has 8 amide bonds. The molecule has 18 N–H and O–H groups in total. The number of nitrogens with two attached hydrogens (primary N) is 3. The molecule has 0 radical (unpaired) electrons. The zero-order valence-corrected chi connectivity index (χ0v) is 41.0. The highest BCUT2D eigenvalue weighted by atomic mass is 16.4. The summed E-state index contributed by atoms with van der Waals surface area (Å²) in [5.41, 5.74) is 18.2. The molecule has 0 aliphatic heterocycles. The molecule has 2 aromatic carbocycles. The van der Waals surface area contributed by atoms with Gasteiger partial charge in [0, 0.05) is 37.6 Å². The number of phenols is 1. The summed E-state index contributed by atoms with van der Waals surface area (Å²) in [4.78, 5) is 127. The van der Waals surface area contributed by atoms with E-state index in [1.807, 2.05) is 0 Å². The van der Waals surface area contributed by atoms with Gasteiger partial charge in [-0.3, -0.25) is 38.4 Å². The fourth-order valence-electron chi connectivity index (χ4n) is 7.34. The van der Waals surface area contributed by atoms with Crippen LogP contribution in [0.25, 0.3) is 0 Å². The van der Waals surface area contributed by atoms with Gasteiger partial charge in [0.2, 0.25) is 47.3 Å². The quantitative estimate of drug-likeness (QED) is 0.0273. The summed E-state index contributed by atoms with van der Waals surface area (Å²) >= 11 is 0. The van der Waals surface area contributed by atoms with E-state index in [0.29, 0.717) is 36.2 Å². The van der Waals surface area contributed by atoms with Crippen LogP contribution in [0.5, 0.6) is 5.75 Å². The summed E-state index contributed by atoms with van der Waals surface area (Å²) in [7, 11) is 0. The number of primary amides is 1. The van der Waals surface area contributed by atoms with Crippen molar-refractivity contribution < 1.29 is 63.6 Å². The van der Waals surface area contributed by atoms with Crippen molar-refractivity contribution in [2.75, 3.05) is 13.2 Å². The highest BCUT2D eigenvalue weighted by molar-refractivity contribution is 5.98. The van der Waals surface area contributed by atoms with Gasteiger partial charge >= 0.3 is 5.97 Å². The van der Waals surface area contributed by atoms with Crippen LogP contribution >= 0.6 is 0 Å². The Labute approximate surface area is 422 Å². The van der Waals surface area contributed by atoms with Gasteiger partial charge in [-0.1, -0.05) is 62.7 Å². The zero-order valence-electron chi connectivity index (χ0n) is 41.0. The molecule has 0 aliphatic rings. The first kappa shape index (κ1) is 59.8. The summed E-state index contributed by atoms with van der Waals surface area (Å²) < 4.78 is 0. The van der Waals surface area contributed by atoms with Crippen molar-refractivity contribution in [2.45, 2.75) is 133 Å². The molecule has 3 aromatic rings. The lowest BCUT2D eigenvalue weighted by atomic mass is 9.99. The van der Waals surface area contributed by atoms with E-state index in [1.165, 1.54) is 43.7 Å². The van der Waals surface area contributed by atoms with Crippen LogP contribution in [-0.2, 0) is 62.4 Å². The molecule has 0 saturated heterocycles. The van der Waals surface area contributed by atoms with Crippen molar-refractivity contribution in [3.05, 3.63) is 83.9 Å². The number of rotatable bonds is 32. The van der Waals surface area contributed by atoms with Gasteiger partial charge in [-0.25, -0.2) is 9.78 Å². The van der Waals surface area contributed by atoms with Crippen molar-refractivity contribution in [3.63, 3.8) is 0 Å². The third-order valence-electron chi connectivity index (χ3n) is 11.4. The van der Waals surface area contributed by atoms with E-state index in [2.05, 4.69) is 47.2 Å². The topological polar surface area (TPSA) is 425 Å². The van der Waals surface area contributed by atoms with Crippen molar-refractivity contribution in [1.82, 2.24) is 47.2 Å². The number of hydrogen-bond acceptors (Lipinski definition) is 15. The van der Waals surface area contributed by atoms with Crippen LogP contribution in [0.1, 0.15) is 76.1 Å². The molecule has 73 heavy (non-hydrogen) atoms. The highest BCUT2D eigenvalue weighted by Gasteiger charge is 2.36. The van der Waals surface area contributed by atoms with Gasteiger partial charge in [0.25, 0.3) is 0 Å². The second kappa shape index (κ2) is 30.4. The lowest BCUT2D eigenvalue weighted by Crippen LogP contribution is -2.61. The van der Waals surface area contributed by atoms with Gasteiger partial charge in [0.15, 0.2) is 6.04 Å². The van der Waals surface area contributed by atoms with E-state index in [-0.39, 0.29) is 56.6 Å². The number of phenolic OH excluding ortho intramolecular Hbond substituents is 1. The Kier molecular flexibility index (Phi) is 24.9. The number of aliphatic carboxylic acids is 1. The van der Waals surface area contributed by atoms with Gasteiger partial charge in [-0.2, -0.15) is 0 Å². The zero-order chi connectivity index (χ0) is 54.2. The number of nitrogens with zero attached hydrogens (tertiary/aromatic N) is 1. The first-order chi connectivity index (χ1) is 34.6. The average Bonchev–Trinajstić information content (AvgIpc) is 3.86. The number of carbonyl (C=O) groups excluding carboxylic acids is 8. The van der Waals surface area contributed by atoms with Crippen LogP contribution < -0.4 is 54.4 Å². The normalized spacial score (nSPS) is 14.8. The Hall–Kier alpha value is -7.48. The number of aliphatic hydroxyl groups is 2. The molecular formula is C48H70N12O13. The lowest BCUT2D eigenvalue weighted by molar-refractivity contribution is -0.145. The number of H-pyrrole nitrogens is 1. The second-order valence-electron chi connectivity index (χ2n) is 18.0. The Bertz CT molecular complexity index is 2280. The number of aromatic hydroxyl groups is 1. The number of aromatic amines is 1. The molecule has 3 rings (SSSR count). The van der Waals surface area contributed by atoms with E-state index in [1.54, 1.807) is 44.2 Å². The molecule has 1 heterocycles. The van der Waals surface area contributed by atoms with Crippen molar-refractivity contribution in [3.8, 4) is 5.75 Å². The molecule has 0 aliphatic carbocycles. The first-order valence-electron chi connectivity index (χ1n) is 23.8. The van der Waals surface area contributed by atoms with Crippen LogP contribution in [0.15, 0.2) is 67.1 Å². The van der Waals surface area contributed by atoms with Crippen LogP contribution in [0.3, 0.4) is 0 Å². The third-order valence-corrected chi connectivity index (χ3v) is 11.4. The number of amides is 8. The maximum Gasteiger partial charge on any atom is 0.328 e. The molecule has 25 heteroatoms. The van der Waals surface area contributed by atoms with Crippen molar-refractivity contribution in [1.29, 1.82) is 0 Å². The van der Waals surface area contributed by atoms with E-state index in [4.69, 9.17) is 17.2 Å². The van der Waals surface area contributed by atoms with Gasteiger partial charge in [0.05, 0.1) is 25.1 Å². The predicted molar refractivity (Wildman–Crippen MR) is 263 cm³/mol. The van der Waals surface area contributed by atoms with Gasteiger partial charge in [0.1, 0.15) is 42.0 Å². The summed E-state index contributed by atoms with van der Waals surface area (Å²) in [6.45, 7) is 4.06. The maximum atomic E-state index is 14.4. The van der Waals surface area contributed by atoms with Crippen LogP contribution in [0.4, 0.5) is 0 Å². The molecule has 0 unspecified atom stereocenters. The number of imidazole rings is 1. The van der Waals surface area contributed by atoms with Crippen molar-refractivity contribution in [2.24, 2.45) is 23.1 Å². The Morgan fingerprint density at radius 2 is 1.12 bits per heavy atom. The monoisotopic (exact) mass is 1020 g/mol. The number of nitrogens with one attached hydrogen (secondary N) is 8. The Morgan fingerprint density at radius 3 is 1.63 bits per heavy atom. The number of hydrogen-bond donors (Lipinski definition) is 15. The molecule has 400 valence electrons. The minimum atomic E-state index is -1.75. The number of unbranched alkanes of at least 4 members (excludes halogenated alkanes) is 1. The number of carboxylic acid groups (broad SMARTS) is 1. The molecule has 0 bridgehead atoms. The number of benzene rings is 2. The van der Waals surface area contributed by atoms with Crippen LogP contribution in [0, 0.1) is 5.92 Å². The lowest BCUT2D eigenvalue weighted by Gasteiger charge is -2.28. The Balaban J connectivity index is 1.93. The minimum Gasteiger partial charge on any atom is -0.508 e. The van der Waals surface area contributed by atoms with Crippen LogP contribution in [-0.4, -0.2) is 151 Å². The third kappa shape index (κ3) is 21.0. The largest absolute Gasteiger partial charge is 0.508 e. The first-order valence-corrected chi connectivity index (χ1v) is 23.8. The van der Waals surface area contributed by atoms with Gasteiger partial charge < -0.3 is 79.8 Å². The van der Waals surface area contributed by atoms with Gasteiger partial charge in [-0.05, 0) is 68.3 Å². The summed E-state index contributed by atoms with van der Waals surface area (Å²) in [6, 6.07) is 2.31. The van der Waals surface area contributed by atoms with E-state index < -0.39 is 114 Å². The smallest absolute Gasteiger partial charge is 0.328 e. The summed E-state index contributed by atoms with van der Waals surface area (Å²) in [5.74, 6) is -9.12. The molecule has 0 fully saturated rings. The fraction of sp³-hybridized carbons (Fsp3) is 0.500. The number of carbonyl (C=O) groups is 9. The minimum absolute atomic E-state index is 0.00979. The maximum absolute atomic E-state index is 14.4. The predicted octanol–water partition coefficient (Wildman–Crippen LogP) is -3.24. The molecule has 0 saturated carbocycles. The van der Waals surface area contributed by atoms with E-state index in [0.717, 1.165) is 0 Å². The van der Waals surface area contributed by atoms with Crippen LogP contribution in [0.2, 0.25) is 0 Å². The number of aliphatic hydroxyl groups excluding tert-OH is 2. The van der Waals surface area contributed by atoms with E-state index in [9.17, 15) is 63.6 Å². The highest BCUT2D eigenvalue weighted by Crippen LogP contribution is 2.14. The fourth-order valence-corrected chi connectivity index (χ4v) is 7.34. The number of carboxylic acids is 1. The molecule has 1 aromatic heterocycles. The summed E-state index contributed by atoms with van der Waals surface area (Å²) in [5, 5.41) is 57.5. The SMILES string of the molecule is CC(C)C[C@H](NC(=O)[C@H](Cc1cnc[nH]1)NC(=O)[C@H](Cc1ccc(O)cc1)NC(=O)[C@H](CO)NC(=O)[C@H](CCC(N)=O)NC(=O)[C@@H](N)CCCCN)C(=O)N[C@@H](Cc1ccccc1)C(=O)N[C@H](C(=O)O)[C@@H](C)O. The standard InChI is InChI=1S/C48H70N12O13/c1-26(2)19-34(43(67)56-36(20-28-9-5-4-6-10-28)46(70)60-40(27(3)62)48(72)73)55-45(69)37(22-30-23-52-25-53-30)58-44(68)35(21-29-12-14-31(63)15-13-29)57-47(71)38(24-61)59-42(66)33(16-17-39(51)64)54-41(65)32(50)11-7-8-18-49/h4-6,9-10,12-15,23,25-27,32-38,40,61-63H,7-8,11,16-22,24,49-50H2,1-3H3,(H2,51,64)(H,52,53)(H,54,65)(H,55,69)(H,56,67)(H,57,71)(H,58,68)(H,59,66)(H,60,70)(H,72,73)/t27-,32+,33+,34+,35+,36+,37+,38+,40+/m1/s1. The molecule has 0 spiro atoms. The van der Waals surface area contributed by atoms with E-state index >= 15 is 0 Å². The molecular weight excluding hydrogens is 953 g/mol. The van der Waals surface area contributed by atoms with Gasteiger partial charge in [-0.15, -0.1) is 0 Å². The molecule has 25 nitrogen and oxygen atoms in total. The molecule has 9 atom stereocenters. The average molecular weight is 1020 g/mol. The Morgan fingerprint density at radius 1 is 0.630 bits per heavy atom.